The second-order valence-corrected chi connectivity index (χ2v) is 3.85. The van der Waals surface area contributed by atoms with Gasteiger partial charge in [-0.1, -0.05) is 6.42 Å². The molecule has 1 aromatic rings. The minimum Gasteiger partial charge on any atom is -0.334 e. The second-order valence-electron chi connectivity index (χ2n) is 3.85. The van der Waals surface area contributed by atoms with Crippen LogP contribution in [0.25, 0.3) is 0 Å². The molecule has 1 heterocycles. The maximum Gasteiger partial charge on any atom is 0.0948 e. The Hall–Kier alpha value is -0.830. The van der Waals surface area contributed by atoms with Crippen LogP contribution in [0.5, 0.6) is 0 Å². The summed E-state index contributed by atoms with van der Waals surface area (Å²) in [5.74, 6) is 0.777. The third-order valence-electron chi connectivity index (χ3n) is 3.06. The molecule has 2 unspecified atom stereocenters. The first kappa shape index (κ1) is 8.75. The summed E-state index contributed by atoms with van der Waals surface area (Å²) >= 11 is 0. The fourth-order valence-electron chi connectivity index (χ4n) is 2.43. The molecule has 2 N–H and O–H groups in total. The van der Waals surface area contributed by atoms with Crippen molar-refractivity contribution in [3.8, 4) is 0 Å². The number of aromatic nitrogens is 2. The summed E-state index contributed by atoms with van der Waals surface area (Å²) < 4.78 is 2.24. The third-order valence-corrected chi connectivity index (χ3v) is 3.06. The van der Waals surface area contributed by atoms with Crippen LogP contribution in [0, 0.1) is 5.92 Å². The first-order chi connectivity index (χ1) is 6.42. The molecule has 2 atom stereocenters. The summed E-state index contributed by atoms with van der Waals surface area (Å²) in [5, 5.41) is 0. The molecule has 1 aliphatic rings. The Balaban J connectivity index is 2.05. The first-order valence-corrected chi connectivity index (χ1v) is 5.09. The van der Waals surface area contributed by atoms with Crippen LogP contribution < -0.4 is 5.73 Å². The normalized spacial score (nSPS) is 28.1. The first-order valence-electron chi connectivity index (χ1n) is 5.09. The predicted molar refractivity (Wildman–Crippen MR) is 52.3 cm³/mol. The molecule has 0 bridgehead atoms. The summed E-state index contributed by atoms with van der Waals surface area (Å²) in [6.07, 6.45) is 11.0. The lowest BCUT2D eigenvalue weighted by molar-refractivity contribution is 0.362. The van der Waals surface area contributed by atoms with Crippen LogP contribution in [0.2, 0.25) is 0 Å². The molecule has 0 aromatic carbocycles. The maximum absolute atomic E-state index is 5.60. The van der Waals surface area contributed by atoms with Gasteiger partial charge in [-0.05, 0) is 31.7 Å². The van der Waals surface area contributed by atoms with Crippen LogP contribution in [-0.2, 0) is 0 Å². The number of imidazole rings is 1. The van der Waals surface area contributed by atoms with Crippen molar-refractivity contribution in [1.29, 1.82) is 0 Å². The Morgan fingerprint density at radius 3 is 3.08 bits per heavy atom. The highest BCUT2D eigenvalue weighted by Gasteiger charge is 2.27. The number of nitrogens with two attached hydrogens (primary N) is 1. The molecule has 0 aliphatic heterocycles. The van der Waals surface area contributed by atoms with Gasteiger partial charge in [-0.15, -0.1) is 0 Å². The molecule has 1 saturated carbocycles. The molecule has 0 saturated heterocycles. The standard InChI is InChI=1S/C10H17N3/c11-5-4-9-2-1-3-10(9)13-7-6-12-8-13/h6-10H,1-5,11H2. The summed E-state index contributed by atoms with van der Waals surface area (Å²) in [5.41, 5.74) is 5.60. The van der Waals surface area contributed by atoms with Crippen molar-refractivity contribution in [2.24, 2.45) is 11.7 Å². The maximum atomic E-state index is 5.60. The second kappa shape index (κ2) is 3.92. The zero-order chi connectivity index (χ0) is 9.10. The van der Waals surface area contributed by atoms with Gasteiger partial charge in [0.1, 0.15) is 0 Å². The summed E-state index contributed by atoms with van der Waals surface area (Å²) in [6, 6.07) is 0.658. The van der Waals surface area contributed by atoms with Crippen molar-refractivity contribution in [3.05, 3.63) is 18.7 Å². The molecule has 3 heteroatoms. The summed E-state index contributed by atoms with van der Waals surface area (Å²) in [7, 11) is 0. The zero-order valence-electron chi connectivity index (χ0n) is 7.89. The highest BCUT2D eigenvalue weighted by Crippen LogP contribution is 2.37. The van der Waals surface area contributed by atoms with Gasteiger partial charge in [0.05, 0.1) is 6.33 Å². The molecule has 72 valence electrons. The van der Waals surface area contributed by atoms with E-state index in [1.54, 1.807) is 0 Å². The van der Waals surface area contributed by atoms with E-state index >= 15 is 0 Å². The SMILES string of the molecule is NCCC1CCCC1n1ccnc1. The van der Waals surface area contributed by atoms with Gasteiger partial charge < -0.3 is 10.3 Å². The van der Waals surface area contributed by atoms with Crippen molar-refractivity contribution in [2.45, 2.75) is 31.7 Å². The van der Waals surface area contributed by atoms with Gasteiger partial charge >= 0.3 is 0 Å². The van der Waals surface area contributed by atoms with Gasteiger partial charge in [0.15, 0.2) is 0 Å². The van der Waals surface area contributed by atoms with Gasteiger partial charge in [0.2, 0.25) is 0 Å². The lowest BCUT2D eigenvalue weighted by Gasteiger charge is -2.19. The van der Waals surface area contributed by atoms with E-state index in [0.29, 0.717) is 6.04 Å². The Bertz CT molecular complexity index is 243. The van der Waals surface area contributed by atoms with Crippen LogP contribution in [-0.4, -0.2) is 16.1 Å². The lowest BCUT2D eigenvalue weighted by Crippen LogP contribution is -2.16. The minimum absolute atomic E-state index is 0.658. The fraction of sp³-hybridized carbons (Fsp3) is 0.700. The quantitative estimate of drug-likeness (QED) is 0.765. The van der Waals surface area contributed by atoms with Crippen molar-refractivity contribution in [3.63, 3.8) is 0 Å². The Labute approximate surface area is 79.0 Å². The van der Waals surface area contributed by atoms with Gasteiger partial charge in [0, 0.05) is 18.4 Å². The Kier molecular flexibility index (Phi) is 2.64. The largest absolute Gasteiger partial charge is 0.334 e. The van der Waals surface area contributed by atoms with Crippen molar-refractivity contribution < 1.29 is 0 Å². The van der Waals surface area contributed by atoms with E-state index in [-0.39, 0.29) is 0 Å². The number of rotatable bonds is 3. The zero-order valence-corrected chi connectivity index (χ0v) is 7.89. The van der Waals surface area contributed by atoms with Crippen molar-refractivity contribution >= 4 is 0 Å². The van der Waals surface area contributed by atoms with Gasteiger partial charge in [-0.2, -0.15) is 0 Å². The lowest BCUT2D eigenvalue weighted by atomic mass is 10.00. The van der Waals surface area contributed by atoms with E-state index in [4.69, 9.17) is 5.73 Å². The molecular weight excluding hydrogens is 162 g/mol. The summed E-state index contributed by atoms with van der Waals surface area (Å²) in [4.78, 5) is 4.09. The third kappa shape index (κ3) is 1.75. The summed E-state index contributed by atoms with van der Waals surface area (Å²) in [6.45, 7) is 0.815. The van der Waals surface area contributed by atoms with E-state index in [9.17, 15) is 0 Å². The van der Waals surface area contributed by atoms with E-state index in [1.807, 2.05) is 12.5 Å². The van der Waals surface area contributed by atoms with Gasteiger partial charge in [-0.25, -0.2) is 4.98 Å². The number of hydrogen-bond acceptors (Lipinski definition) is 2. The predicted octanol–water partition coefficient (Wildman–Crippen LogP) is 1.57. The van der Waals surface area contributed by atoms with Crippen molar-refractivity contribution in [2.75, 3.05) is 6.54 Å². The highest BCUT2D eigenvalue weighted by atomic mass is 15.1. The van der Waals surface area contributed by atoms with Gasteiger partial charge in [-0.3, -0.25) is 0 Å². The molecule has 1 aromatic heterocycles. The number of nitrogens with zero attached hydrogens (tertiary/aromatic N) is 2. The number of hydrogen-bond donors (Lipinski definition) is 1. The molecule has 3 nitrogen and oxygen atoms in total. The van der Waals surface area contributed by atoms with Gasteiger partial charge in [0.25, 0.3) is 0 Å². The van der Waals surface area contributed by atoms with Crippen LogP contribution in [0.4, 0.5) is 0 Å². The minimum atomic E-state index is 0.658. The molecule has 0 amide bonds. The molecule has 0 radical (unpaired) electrons. The molecule has 1 aliphatic carbocycles. The monoisotopic (exact) mass is 179 g/mol. The molecule has 13 heavy (non-hydrogen) atoms. The van der Waals surface area contributed by atoms with E-state index in [1.165, 1.54) is 19.3 Å². The van der Waals surface area contributed by atoms with E-state index in [2.05, 4.69) is 15.7 Å². The topological polar surface area (TPSA) is 43.8 Å². The molecule has 1 fully saturated rings. The fourth-order valence-corrected chi connectivity index (χ4v) is 2.43. The van der Waals surface area contributed by atoms with Crippen LogP contribution in [0.1, 0.15) is 31.7 Å². The molecule has 2 rings (SSSR count). The molecule has 0 spiro atoms. The smallest absolute Gasteiger partial charge is 0.0948 e. The highest BCUT2D eigenvalue weighted by molar-refractivity contribution is 4.88. The average Bonchev–Trinajstić information content (AvgIpc) is 2.71. The Morgan fingerprint density at radius 2 is 2.38 bits per heavy atom. The molecular formula is C10H17N3. The average molecular weight is 179 g/mol. The van der Waals surface area contributed by atoms with Crippen molar-refractivity contribution in [1.82, 2.24) is 9.55 Å². The van der Waals surface area contributed by atoms with Crippen LogP contribution >= 0.6 is 0 Å². The van der Waals surface area contributed by atoms with E-state index in [0.717, 1.165) is 18.9 Å². The van der Waals surface area contributed by atoms with Crippen LogP contribution in [0.15, 0.2) is 18.7 Å². The van der Waals surface area contributed by atoms with Crippen LogP contribution in [0.3, 0.4) is 0 Å². The Morgan fingerprint density at radius 1 is 1.46 bits per heavy atom. The van der Waals surface area contributed by atoms with E-state index < -0.39 is 0 Å².